The molecule has 0 aliphatic heterocycles. The van der Waals surface area contributed by atoms with Gasteiger partial charge in [-0.15, -0.1) is 11.3 Å². The minimum absolute atomic E-state index is 0.125. The van der Waals surface area contributed by atoms with Crippen molar-refractivity contribution in [2.24, 2.45) is 0 Å². The van der Waals surface area contributed by atoms with Gasteiger partial charge in [0.15, 0.2) is 4.34 Å². The predicted octanol–water partition coefficient (Wildman–Crippen LogP) is 6.04. The number of esters is 1. The lowest BCUT2D eigenvalue weighted by molar-refractivity contribution is -0.151. The molecule has 0 bridgehead atoms. The van der Waals surface area contributed by atoms with Gasteiger partial charge in [0, 0.05) is 0 Å². The topological polar surface area (TPSA) is 48.4 Å². The molecule has 0 saturated heterocycles. The van der Waals surface area contributed by atoms with E-state index >= 15 is 0 Å². The highest BCUT2D eigenvalue weighted by atomic mass is 32.2. The van der Waals surface area contributed by atoms with Gasteiger partial charge < -0.3 is 9.47 Å². The van der Waals surface area contributed by atoms with Crippen LogP contribution in [0, 0.1) is 0 Å². The Morgan fingerprint density at radius 3 is 2.64 bits per heavy atom. The molecule has 3 rings (SSSR count). The van der Waals surface area contributed by atoms with Gasteiger partial charge in [-0.05, 0) is 51.0 Å². The molecule has 0 aliphatic rings. The smallest absolute Gasteiger partial charge is 0.327 e. The van der Waals surface area contributed by atoms with Crippen LogP contribution in [0.25, 0.3) is 10.2 Å². The fraction of sp³-hybridized carbons (Fsp3) is 0.364. The molecule has 0 radical (unpaired) electrons. The van der Waals surface area contributed by atoms with Crippen LogP contribution < -0.4 is 4.74 Å². The molecule has 0 aliphatic carbocycles. The molecule has 2 atom stereocenters. The summed E-state index contributed by atoms with van der Waals surface area (Å²) in [5, 5.41) is 0. The normalized spacial score (nSPS) is 14.4. The Balaban J connectivity index is 1.95. The van der Waals surface area contributed by atoms with Crippen molar-refractivity contribution in [2.45, 2.75) is 49.3 Å². The second kappa shape index (κ2) is 8.97. The standard InChI is InChI=1S/C22H25NO3S2/c1-5-15(3)26-20(24)22(4,16-10-8-7-9-11-16)28-21-23-18-13-12-17(25-6-2)14-19(18)27-21/h7-15H,5-6H2,1-4H3. The van der Waals surface area contributed by atoms with Crippen molar-refractivity contribution in [2.75, 3.05) is 6.61 Å². The van der Waals surface area contributed by atoms with Gasteiger partial charge in [-0.1, -0.05) is 49.0 Å². The number of aromatic nitrogens is 1. The van der Waals surface area contributed by atoms with Gasteiger partial charge in [0.05, 0.1) is 22.9 Å². The average molecular weight is 416 g/mol. The summed E-state index contributed by atoms with van der Waals surface area (Å²) in [6.07, 6.45) is 0.656. The number of fused-ring (bicyclic) bond motifs is 1. The third kappa shape index (κ3) is 4.50. The zero-order chi connectivity index (χ0) is 20.1. The number of carbonyl (C=O) groups excluding carboxylic acids is 1. The van der Waals surface area contributed by atoms with Crippen LogP contribution >= 0.6 is 23.1 Å². The van der Waals surface area contributed by atoms with E-state index in [2.05, 4.69) is 0 Å². The molecule has 1 heterocycles. The van der Waals surface area contributed by atoms with Crippen LogP contribution in [0.4, 0.5) is 0 Å². The minimum atomic E-state index is -0.874. The molecule has 0 amide bonds. The number of thioether (sulfide) groups is 1. The Bertz CT molecular complexity index is 941. The lowest BCUT2D eigenvalue weighted by atomic mass is 10.0. The number of ether oxygens (including phenoxy) is 2. The van der Waals surface area contributed by atoms with E-state index in [0.29, 0.717) is 6.61 Å². The van der Waals surface area contributed by atoms with Crippen molar-refractivity contribution < 1.29 is 14.3 Å². The van der Waals surface area contributed by atoms with Gasteiger partial charge in [-0.25, -0.2) is 4.98 Å². The number of thiazole rings is 1. The van der Waals surface area contributed by atoms with Gasteiger partial charge in [-0.3, -0.25) is 4.79 Å². The van der Waals surface area contributed by atoms with E-state index in [1.165, 1.54) is 11.8 Å². The molecule has 0 saturated carbocycles. The monoisotopic (exact) mass is 415 g/mol. The quantitative estimate of drug-likeness (QED) is 0.331. The van der Waals surface area contributed by atoms with Crippen LogP contribution in [0.2, 0.25) is 0 Å². The zero-order valence-electron chi connectivity index (χ0n) is 16.6. The maximum Gasteiger partial charge on any atom is 0.327 e. The van der Waals surface area contributed by atoms with Crippen molar-refractivity contribution in [3.05, 3.63) is 54.1 Å². The largest absolute Gasteiger partial charge is 0.494 e. The average Bonchev–Trinajstić information content (AvgIpc) is 3.09. The second-order valence-electron chi connectivity index (χ2n) is 6.67. The summed E-state index contributed by atoms with van der Waals surface area (Å²) in [6.45, 7) is 8.43. The zero-order valence-corrected chi connectivity index (χ0v) is 18.2. The van der Waals surface area contributed by atoms with Gasteiger partial charge in [0.2, 0.25) is 0 Å². The lowest BCUT2D eigenvalue weighted by Gasteiger charge is -2.27. The third-order valence-electron chi connectivity index (χ3n) is 4.54. The van der Waals surface area contributed by atoms with Crippen LogP contribution in [-0.4, -0.2) is 23.7 Å². The van der Waals surface area contributed by atoms with Crippen LogP contribution in [-0.2, 0) is 14.3 Å². The van der Waals surface area contributed by atoms with Crippen molar-refractivity contribution >= 4 is 39.3 Å². The molecule has 1 aromatic heterocycles. The van der Waals surface area contributed by atoms with Gasteiger partial charge in [-0.2, -0.15) is 0 Å². The highest BCUT2D eigenvalue weighted by molar-refractivity contribution is 8.02. The predicted molar refractivity (Wildman–Crippen MR) is 116 cm³/mol. The van der Waals surface area contributed by atoms with Crippen LogP contribution in [0.5, 0.6) is 5.75 Å². The van der Waals surface area contributed by atoms with E-state index in [1.54, 1.807) is 11.3 Å². The molecular formula is C22H25NO3S2. The van der Waals surface area contributed by atoms with Crippen molar-refractivity contribution in [1.82, 2.24) is 4.98 Å². The first kappa shape index (κ1) is 20.7. The maximum atomic E-state index is 13.1. The fourth-order valence-corrected chi connectivity index (χ4v) is 5.25. The molecule has 0 spiro atoms. The van der Waals surface area contributed by atoms with Crippen LogP contribution in [0.1, 0.15) is 39.7 Å². The number of rotatable bonds is 8. The highest BCUT2D eigenvalue weighted by Crippen LogP contribution is 2.45. The van der Waals surface area contributed by atoms with Crippen molar-refractivity contribution in [3.63, 3.8) is 0 Å². The Kier molecular flexibility index (Phi) is 6.62. The molecule has 148 valence electrons. The summed E-state index contributed by atoms with van der Waals surface area (Å²) in [5.74, 6) is 0.588. The Morgan fingerprint density at radius 1 is 1.21 bits per heavy atom. The summed E-state index contributed by atoms with van der Waals surface area (Å²) in [6, 6.07) is 15.6. The molecule has 2 aromatic carbocycles. The Labute approximate surface area is 174 Å². The number of nitrogens with zero attached hydrogens (tertiary/aromatic N) is 1. The molecule has 6 heteroatoms. The van der Waals surface area contributed by atoms with E-state index in [-0.39, 0.29) is 12.1 Å². The van der Waals surface area contributed by atoms with Gasteiger partial charge in [0.1, 0.15) is 10.5 Å². The van der Waals surface area contributed by atoms with Crippen molar-refractivity contribution in [1.29, 1.82) is 0 Å². The minimum Gasteiger partial charge on any atom is -0.494 e. The Hall–Kier alpha value is -2.05. The van der Waals surface area contributed by atoms with E-state index in [9.17, 15) is 4.79 Å². The molecule has 0 fully saturated rings. The molecule has 4 nitrogen and oxygen atoms in total. The summed E-state index contributed by atoms with van der Waals surface area (Å²) >= 11 is 3.01. The third-order valence-corrected chi connectivity index (χ3v) is 6.93. The van der Waals surface area contributed by atoms with E-state index in [1.807, 2.05) is 76.2 Å². The van der Waals surface area contributed by atoms with Crippen LogP contribution in [0.3, 0.4) is 0 Å². The first-order valence-corrected chi connectivity index (χ1v) is 11.1. The summed E-state index contributed by atoms with van der Waals surface area (Å²) < 4.78 is 12.3. The maximum absolute atomic E-state index is 13.1. The number of benzene rings is 2. The molecular weight excluding hydrogens is 390 g/mol. The number of carbonyl (C=O) groups is 1. The molecule has 3 aromatic rings. The SMILES string of the molecule is CCOc1ccc2nc(SC(C)(C(=O)OC(C)CC)c3ccccc3)sc2c1. The molecule has 28 heavy (non-hydrogen) atoms. The summed E-state index contributed by atoms with van der Waals surface area (Å²) in [7, 11) is 0. The molecule has 0 N–H and O–H groups in total. The Morgan fingerprint density at radius 2 is 1.96 bits per heavy atom. The summed E-state index contributed by atoms with van der Waals surface area (Å²) in [4.78, 5) is 17.8. The van der Waals surface area contributed by atoms with E-state index in [4.69, 9.17) is 14.5 Å². The van der Waals surface area contributed by atoms with Gasteiger partial charge >= 0.3 is 5.97 Å². The van der Waals surface area contributed by atoms with Crippen molar-refractivity contribution in [3.8, 4) is 5.75 Å². The van der Waals surface area contributed by atoms with Gasteiger partial charge in [0.25, 0.3) is 0 Å². The fourth-order valence-electron chi connectivity index (χ4n) is 2.71. The number of hydrogen-bond donors (Lipinski definition) is 0. The van der Waals surface area contributed by atoms with E-state index < -0.39 is 4.75 Å². The first-order valence-electron chi connectivity index (χ1n) is 9.45. The van der Waals surface area contributed by atoms with E-state index in [0.717, 1.165) is 32.3 Å². The molecule has 2 unspecified atom stereocenters. The first-order chi connectivity index (χ1) is 13.5. The highest BCUT2D eigenvalue weighted by Gasteiger charge is 2.40. The summed E-state index contributed by atoms with van der Waals surface area (Å²) in [5.41, 5.74) is 1.81. The lowest BCUT2D eigenvalue weighted by Crippen LogP contribution is -2.33. The van der Waals surface area contributed by atoms with Crippen LogP contribution in [0.15, 0.2) is 52.9 Å². The second-order valence-corrected chi connectivity index (χ2v) is 9.36. The number of hydrogen-bond acceptors (Lipinski definition) is 6.